The van der Waals surface area contributed by atoms with Gasteiger partial charge in [-0.15, -0.1) is 0 Å². The lowest BCUT2D eigenvalue weighted by molar-refractivity contribution is -0.153. The molecule has 0 saturated carbocycles. The second-order valence-corrected chi connectivity index (χ2v) is 3.91. The van der Waals surface area contributed by atoms with Crippen molar-refractivity contribution < 1.29 is 17.9 Å². The van der Waals surface area contributed by atoms with E-state index in [2.05, 4.69) is 4.98 Å². The smallest absolute Gasteiger partial charge is 0.422 e. The number of para-hydroxylation sites is 1. The van der Waals surface area contributed by atoms with Gasteiger partial charge in [0.2, 0.25) is 0 Å². The maximum Gasteiger partial charge on any atom is 0.422 e. The minimum absolute atomic E-state index is 0.0835. The zero-order valence-electron chi connectivity index (χ0n) is 9.58. The van der Waals surface area contributed by atoms with Crippen molar-refractivity contribution in [2.75, 3.05) is 12.3 Å². The predicted molar refractivity (Wildman–Crippen MR) is 62.4 cm³/mol. The maximum absolute atomic E-state index is 12.1. The summed E-state index contributed by atoms with van der Waals surface area (Å²) in [6.45, 7) is 0.373. The van der Waals surface area contributed by atoms with E-state index < -0.39 is 12.8 Å². The number of benzene rings is 1. The number of nitrogens with two attached hydrogens (primary N) is 1. The largest absolute Gasteiger partial charge is 0.482 e. The minimum Gasteiger partial charge on any atom is -0.482 e. The van der Waals surface area contributed by atoms with Crippen LogP contribution < -0.4 is 10.5 Å². The van der Waals surface area contributed by atoms with Crippen LogP contribution in [0.25, 0.3) is 10.9 Å². The van der Waals surface area contributed by atoms with Gasteiger partial charge in [-0.25, -0.2) is 4.98 Å². The number of aromatic nitrogens is 1. The van der Waals surface area contributed by atoms with Crippen LogP contribution in [0.1, 0.15) is 5.69 Å². The van der Waals surface area contributed by atoms with Gasteiger partial charge in [0.05, 0.1) is 0 Å². The fraction of sp³-hybridized carbons (Fsp3) is 0.250. The Bertz CT molecular complexity index is 581. The number of aryl methyl sites for hydroxylation is 1. The van der Waals surface area contributed by atoms with Crippen molar-refractivity contribution in [3.8, 4) is 5.75 Å². The molecule has 2 aromatic rings. The highest BCUT2D eigenvalue weighted by molar-refractivity contribution is 5.94. The molecule has 0 aliphatic heterocycles. The average molecular weight is 256 g/mol. The summed E-state index contributed by atoms with van der Waals surface area (Å²) < 4.78 is 41.1. The molecule has 2 N–H and O–H groups in total. The molecule has 1 heterocycles. The summed E-state index contributed by atoms with van der Waals surface area (Å²) in [5.41, 5.74) is 7.23. The first kappa shape index (κ1) is 12.5. The van der Waals surface area contributed by atoms with Crippen LogP contribution in [0.3, 0.4) is 0 Å². The molecular weight excluding hydrogens is 245 g/mol. The lowest BCUT2D eigenvalue weighted by Gasteiger charge is -2.12. The van der Waals surface area contributed by atoms with Gasteiger partial charge in [-0.05, 0) is 19.1 Å². The summed E-state index contributed by atoms with van der Waals surface area (Å²) in [6, 6.07) is 6.38. The summed E-state index contributed by atoms with van der Waals surface area (Å²) in [5.74, 6) is 0.0835. The number of fused-ring (bicyclic) bond motifs is 1. The number of halogens is 3. The van der Waals surface area contributed by atoms with E-state index in [9.17, 15) is 13.2 Å². The highest BCUT2D eigenvalue weighted by Gasteiger charge is 2.28. The Morgan fingerprint density at radius 1 is 1.33 bits per heavy atom. The van der Waals surface area contributed by atoms with E-state index in [1.54, 1.807) is 25.1 Å². The summed E-state index contributed by atoms with van der Waals surface area (Å²) in [4.78, 5) is 4.16. The number of pyridine rings is 1. The van der Waals surface area contributed by atoms with Crippen LogP contribution in [0, 0.1) is 6.92 Å². The molecule has 0 fully saturated rings. The normalized spacial score (nSPS) is 11.8. The number of ether oxygens (including phenoxy) is 1. The van der Waals surface area contributed by atoms with Gasteiger partial charge >= 0.3 is 6.18 Å². The number of hydrogen-bond donors (Lipinski definition) is 1. The second kappa shape index (κ2) is 4.36. The van der Waals surface area contributed by atoms with Crippen molar-refractivity contribution in [2.24, 2.45) is 0 Å². The molecule has 0 aliphatic carbocycles. The van der Waals surface area contributed by atoms with Crippen LogP contribution in [-0.2, 0) is 0 Å². The third-order valence-corrected chi connectivity index (χ3v) is 2.35. The molecule has 1 aromatic heterocycles. The molecule has 0 bridgehead atoms. The van der Waals surface area contributed by atoms with Gasteiger partial charge in [-0.2, -0.15) is 13.2 Å². The Kier molecular flexibility index (Phi) is 3.02. The summed E-state index contributed by atoms with van der Waals surface area (Å²) in [7, 11) is 0. The van der Waals surface area contributed by atoms with Gasteiger partial charge < -0.3 is 10.5 Å². The lowest BCUT2D eigenvalue weighted by atomic mass is 10.1. The molecule has 18 heavy (non-hydrogen) atoms. The summed E-state index contributed by atoms with van der Waals surface area (Å²) in [5, 5.41) is 0.584. The van der Waals surface area contributed by atoms with Crippen LogP contribution in [0.5, 0.6) is 5.75 Å². The van der Waals surface area contributed by atoms with Crippen molar-refractivity contribution in [1.82, 2.24) is 4.98 Å². The van der Waals surface area contributed by atoms with Crippen molar-refractivity contribution in [3.05, 3.63) is 30.0 Å². The van der Waals surface area contributed by atoms with Crippen molar-refractivity contribution in [3.63, 3.8) is 0 Å². The third kappa shape index (κ3) is 2.64. The minimum atomic E-state index is -4.38. The Morgan fingerprint density at radius 2 is 2.06 bits per heavy atom. The number of anilines is 1. The Balaban J connectivity index is 2.45. The monoisotopic (exact) mass is 256 g/mol. The molecule has 0 aliphatic rings. The first-order valence-corrected chi connectivity index (χ1v) is 5.22. The molecule has 0 amide bonds. The zero-order valence-corrected chi connectivity index (χ0v) is 9.58. The molecule has 0 unspecified atom stereocenters. The van der Waals surface area contributed by atoms with Gasteiger partial charge in [-0.1, -0.05) is 12.1 Å². The fourth-order valence-electron chi connectivity index (χ4n) is 1.66. The second-order valence-electron chi connectivity index (χ2n) is 3.91. The van der Waals surface area contributed by atoms with Crippen molar-refractivity contribution >= 4 is 16.6 Å². The maximum atomic E-state index is 12.1. The fourth-order valence-corrected chi connectivity index (χ4v) is 1.66. The number of nitrogens with zero attached hydrogens (tertiary/aromatic N) is 1. The van der Waals surface area contributed by atoms with E-state index in [-0.39, 0.29) is 5.75 Å². The average Bonchev–Trinajstić information content (AvgIpc) is 2.25. The Morgan fingerprint density at radius 3 is 2.72 bits per heavy atom. The summed E-state index contributed by atoms with van der Waals surface area (Å²) in [6.07, 6.45) is -4.38. The van der Waals surface area contributed by atoms with Crippen LogP contribution in [0.15, 0.2) is 24.3 Å². The zero-order chi connectivity index (χ0) is 13.3. The number of hydrogen-bond acceptors (Lipinski definition) is 3. The van der Waals surface area contributed by atoms with E-state index in [0.29, 0.717) is 22.3 Å². The first-order valence-electron chi connectivity index (χ1n) is 5.22. The highest BCUT2D eigenvalue weighted by atomic mass is 19.4. The molecule has 3 nitrogen and oxygen atoms in total. The molecule has 1 aromatic carbocycles. The SMILES string of the molecule is Cc1cc(N)c2cccc(OCC(F)(F)F)c2n1. The van der Waals surface area contributed by atoms with Gasteiger partial charge in [0.1, 0.15) is 11.3 Å². The van der Waals surface area contributed by atoms with Gasteiger partial charge in [0.25, 0.3) is 0 Å². The van der Waals surface area contributed by atoms with E-state index in [4.69, 9.17) is 10.5 Å². The van der Waals surface area contributed by atoms with Crippen LogP contribution in [-0.4, -0.2) is 17.8 Å². The van der Waals surface area contributed by atoms with Crippen LogP contribution >= 0.6 is 0 Å². The van der Waals surface area contributed by atoms with Gasteiger partial charge in [-0.3, -0.25) is 0 Å². The topological polar surface area (TPSA) is 48.1 Å². The van der Waals surface area contributed by atoms with E-state index in [0.717, 1.165) is 0 Å². The third-order valence-electron chi connectivity index (χ3n) is 2.35. The number of nitrogen functional groups attached to an aromatic ring is 1. The van der Waals surface area contributed by atoms with Gasteiger partial charge in [0.15, 0.2) is 6.61 Å². The highest BCUT2D eigenvalue weighted by Crippen LogP contribution is 2.29. The van der Waals surface area contributed by atoms with E-state index >= 15 is 0 Å². The Labute approximate surface area is 101 Å². The predicted octanol–water partition coefficient (Wildman–Crippen LogP) is 3.07. The standard InChI is InChI=1S/C12H11F3N2O/c1-7-5-9(16)8-3-2-4-10(11(8)17-7)18-6-12(13,14)15/h2-5H,6H2,1H3,(H2,16,17). The lowest BCUT2D eigenvalue weighted by Crippen LogP contribution is -2.19. The molecule has 0 radical (unpaired) electrons. The number of alkyl halides is 3. The molecule has 96 valence electrons. The van der Waals surface area contributed by atoms with Crippen molar-refractivity contribution in [2.45, 2.75) is 13.1 Å². The molecular formula is C12H11F3N2O. The van der Waals surface area contributed by atoms with Crippen LogP contribution in [0.4, 0.5) is 18.9 Å². The molecule has 0 atom stereocenters. The van der Waals surface area contributed by atoms with Gasteiger partial charge in [0, 0.05) is 16.8 Å². The van der Waals surface area contributed by atoms with Crippen LogP contribution in [0.2, 0.25) is 0 Å². The van der Waals surface area contributed by atoms with E-state index in [1.165, 1.54) is 6.07 Å². The quantitative estimate of drug-likeness (QED) is 0.898. The number of rotatable bonds is 2. The van der Waals surface area contributed by atoms with E-state index in [1.807, 2.05) is 0 Å². The summed E-state index contributed by atoms with van der Waals surface area (Å²) >= 11 is 0. The first-order chi connectivity index (χ1) is 8.37. The Hall–Kier alpha value is -1.98. The molecule has 2 rings (SSSR count). The molecule has 0 saturated heterocycles. The molecule has 0 spiro atoms. The molecule has 6 heteroatoms. The van der Waals surface area contributed by atoms with Crippen molar-refractivity contribution in [1.29, 1.82) is 0 Å².